The molecule has 4 heteroatoms. The van der Waals surface area contributed by atoms with Crippen molar-refractivity contribution in [1.82, 2.24) is 0 Å². The van der Waals surface area contributed by atoms with E-state index in [0.29, 0.717) is 18.3 Å². The average molecular weight is 275 g/mol. The summed E-state index contributed by atoms with van der Waals surface area (Å²) in [6.45, 7) is 2.67. The minimum atomic E-state index is 0.0822. The van der Waals surface area contributed by atoms with Crippen molar-refractivity contribution in [2.75, 3.05) is 25.6 Å². The van der Waals surface area contributed by atoms with Crippen LogP contribution in [0, 0.1) is 0 Å². The molecule has 2 N–H and O–H groups in total. The molecule has 3 unspecified atom stereocenters. The summed E-state index contributed by atoms with van der Waals surface area (Å²) in [6, 6.07) is 8.31. The summed E-state index contributed by atoms with van der Waals surface area (Å²) in [5.41, 5.74) is 8.23. The van der Waals surface area contributed by atoms with E-state index in [2.05, 4.69) is 18.2 Å². The van der Waals surface area contributed by atoms with Crippen molar-refractivity contribution in [2.45, 2.75) is 43.0 Å². The topological polar surface area (TPSA) is 63.6 Å². The molecule has 3 fully saturated rings. The van der Waals surface area contributed by atoms with Gasteiger partial charge >= 0.3 is 0 Å². The fraction of sp³-hybridized carbons (Fsp3) is 0.625. The number of benzene rings is 1. The fourth-order valence-corrected chi connectivity index (χ4v) is 3.34. The first-order valence-corrected chi connectivity index (χ1v) is 7.44. The number of epoxide rings is 3. The number of hydrogen-bond acceptors (Lipinski definition) is 4. The molecule has 1 aromatic carbocycles. The number of nitrogens with two attached hydrogens (primary N) is 1. The lowest BCUT2D eigenvalue weighted by atomic mass is 9.70. The molecule has 3 aliphatic heterocycles. The molecule has 0 saturated carbocycles. The molecule has 4 nitrogen and oxygen atoms in total. The van der Waals surface area contributed by atoms with Gasteiger partial charge in [0.1, 0.15) is 0 Å². The van der Waals surface area contributed by atoms with E-state index in [1.54, 1.807) is 0 Å². The lowest BCUT2D eigenvalue weighted by molar-refractivity contribution is 0.232. The summed E-state index contributed by atoms with van der Waals surface area (Å²) in [5, 5.41) is 0. The van der Waals surface area contributed by atoms with Crippen LogP contribution in [0.3, 0.4) is 0 Å². The lowest BCUT2D eigenvalue weighted by Crippen LogP contribution is -2.32. The molecule has 3 atom stereocenters. The molecule has 4 rings (SSSR count). The number of hydrogen-bond donors (Lipinski definition) is 1. The van der Waals surface area contributed by atoms with Gasteiger partial charge in [-0.15, -0.1) is 0 Å². The van der Waals surface area contributed by atoms with Crippen molar-refractivity contribution in [3.05, 3.63) is 29.8 Å². The normalized spacial score (nSPS) is 33.5. The molecule has 108 valence electrons. The molecule has 0 spiro atoms. The largest absolute Gasteiger partial charge is 0.399 e. The van der Waals surface area contributed by atoms with Crippen LogP contribution in [-0.2, 0) is 19.6 Å². The second-order valence-electron chi connectivity index (χ2n) is 6.38. The molecule has 0 bridgehead atoms. The quantitative estimate of drug-likeness (QED) is 0.609. The molecule has 0 aliphatic carbocycles. The Balaban J connectivity index is 1.66. The van der Waals surface area contributed by atoms with Gasteiger partial charge in [0.25, 0.3) is 0 Å². The number of rotatable bonds is 7. The molecule has 20 heavy (non-hydrogen) atoms. The minimum absolute atomic E-state index is 0.0822. The summed E-state index contributed by atoms with van der Waals surface area (Å²) in [7, 11) is 0. The first-order chi connectivity index (χ1) is 9.73. The Morgan fingerprint density at radius 2 is 1.45 bits per heavy atom. The maximum absolute atomic E-state index is 6.00. The van der Waals surface area contributed by atoms with E-state index in [0.717, 1.165) is 44.8 Å². The van der Waals surface area contributed by atoms with E-state index < -0.39 is 0 Å². The third-order valence-corrected chi connectivity index (χ3v) is 4.56. The van der Waals surface area contributed by atoms with Crippen LogP contribution in [0.5, 0.6) is 0 Å². The van der Waals surface area contributed by atoms with E-state index >= 15 is 0 Å². The molecule has 3 aliphatic rings. The van der Waals surface area contributed by atoms with Gasteiger partial charge < -0.3 is 19.9 Å². The molecule has 3 saturated heterocycles. The van der Waals surface area contributed by atoms with E-state index in [-0.39, 0.29) is 5.41 Å². The molecule has 3 heterocycles. The van der Waals surface area contributed by atoms with Gasteiger partial charge in [0, 0.05) is 11.1 Å². The molecular formula is C16H21NO3. The van der Waals surface area contributed by atoms with Crippen LogP contribution < -0.4 is 5.73 Å². The van der Waals surface area contributed by atoms with Crippen LogP contribution in [-0.4, -0.2) is 38.1 Å². The lowest BCUT2D eigenvalue weighted by Gasteiger charge is -2.34. The molecule has 0 radical (unpaired) electrons. The number of anilines is 1. The van der Waals surface area contributed by atoms with Crippen molar-refractivity contribution in [1.29, 1.82) is 0 Å². The highest BCUT2D eigenvalue weighted by Gasteiger charge is 2.46. The molecule has 0 amide bonds. The SMILES string of the molecule is Nc1cccc(C(CC2CO2)(CC2CO2)CC2CO2)c1. The van der Waals surface area contributed by atoms with Gasteiger partial charge in [-0.05, 0) is 37.0 Å². The van der Waals surface area contributed by atoms with Crippen molar-refractivity contribution >= 4 is 5.69 Å². The second kappa shape index (κ2) is 4.72. The Kier molecular flexibility index (Phi) is 2.98. The summed E-state index contributed by atoms with van der Waals surface area (Å²) >= 11 is 0. The van der Waals surface area contributed by atoms with Gasteiger partial charge in [0.05, 0.1) is 38.1 Å². The Labute approximate surface area is 119 Å². The predicted molar refractivity (Wildman–Crippen MR) is 75.6 cm³/mol. The van der Waals surface area contributed by atoms with Gasteiger partial charge in [0.2, 0.25) is 0 Å². The Bertz CT molecular complexity index is 456. The van der Waals surface area contributed by atoms with Gasteiger partial charge in [-0.1, -0.05) is 12.1 Å². The zero-order chi connectivity index (χ0) is 13.6. The predicted octanol–water partition coefficient (Wildman–Crippen LogP) is 1.87. The smallest absolute Gasteiger partial charge is 0.0818 e. The molecule has 0 aromatic heterocycles. The Hall–Kier alpha value is -1.10. The van der Waals surface area contributed by atoms with Gasteiger partial charge in [0.15, 0.2) is 0 Å². The van der Waals surface area contributed by atoms with Gasteiger partial charge in [-0.25, -0.2) is 0 Å². The molecular weight excluding hydrogens is 254 g/mol. The minimum Gasteiger partial charge on any atom is -0.399 e. The summed E-state index contributed by atoms with van der Waals surface area (Å²) < 4.78 is 16.5. The van der Waals surface area contributed by atoms with Crippen molar-refractivity contribution in [3.63, 3.8) is 0 Å². The maximum atomic E-state index is 6.00. The third-order valence-electron chi connectivity index (χ3n) is 4.56. The van der Waals surface area contributed by atoms with Crippen LogP contribution in [0.25, 0.3) is 0 Å². The van der Waals surface area contributed by atoms with Crippen LogP contribution in [0.15, 0.2) is 24.3 Å². The highest BCUT2D eigenvalue weighted by molar-refractivity contribution is 5.44. The maximum Gasteiger partial charge on any atom is 0.0818 e. The highest BCUT2D eigenvalue weighted by atomic mass is 16.6. The van der Waals surface area contributed by atoms with Crippen LogP contribution in [0.1, 0.15) is 24.8 Å². The first kappa shape index (κ1) is 12.6. The zero-order valence-corrected chi connectivity index (χ0v) is 11.6. The van der Waals surface area contributed by atoms with E-state index in [9.17, 15) is 0 Å². The van der Waals surface area contributed by atoms with Gasteiger partial charge in [-0.3, -0.25) is 0 Å². The summed E-state index contributed by atoms with van der Waals surface area (Å²) in [4.78, 5) is 0. The highest BCUT2D eigenvalue weighted by Crippen LogP contribution is 2.46. The monoisotopic (exact) mass is 275 g/mol. The average Bonchev–Trinajstić information content (AvgIpc) is 3.23. The van der Waals surface area contributed by atoms with E-state index in [4.69, 9.17) is 19.9 Å². The molecule has 1 aromatic rings. The van der Waals surface area contributed by atoms with E-state index in [1.807, 2.05) is 6.07 Å². The first-order valence-electron chi connectivity index (χ1n) is 7.44. The standard InChI is InChI=1S/C16H21NO3/c17-12-3-1-2-11(4-12)16(5-13-8-18-13,6-14-9-19-14)7-15-10-20-15/h1-4,13-15H,5-10,17H2. The fourth-order valence-electron chi connectivity index (χ4n) is 3.34. The summed E-state index contributed by atoms with van der Waals surface area (Å²) in [5.74, 6) is 0. The number of ether oxygens (including phenoxy) is 3. The van der Waals surface area contributed by atoms with Crippen LogP contribution >= 0.6 is 0 Å². The number of nitrogen functional groups attached to an aromatic ring is 1. The van der Waals surface area contributed by atoms with Crippen LogP contribution in [0.4, 0.5) is 5.69 Å². The van der Waals surface area contributed by atoms with E-state index in [1.165, 1.54) is 5.56 Å². The Morgan fingerprint density at radius 1 is 0.950 bits per heavy atom. The van der Waals surface area contributed by atoms with Crippen molar-refractivity contribution < 1.29 is 14.2 Å². The second-order valence-corrected chi connectivity index (χ2v) is 6.38. The third kappa shape index (κ3) is 2.82. The van der Waals surface area contributed by atoms with Crippen LogP contribution in [0.2, 0.25) is 0 Å². The van der Waals surface area contributed by atoms with Crippen molar-refractivity contribution in [3.8, 4) is 0 Å². The summed E-state index contributed by atoms with van der Waals surface area (Å²) in [6.07, 6.45) is 4.35. The zero-order valence-electron chi connectivity index (χ0n) is 11.6. The van der Waals surface area contributed by atoms with Gasteiger partial charge in [-0.2, -0.15) is 0 Å². The van der Waals surface area contributed by atoms with Crippen molar-refractivity contribution in [2.24, 2.45) is 0 Å². The Morgan fingerprint density at radius 3 is 1.85 bits per heavy atom.